The molecule has 26 heavy (non-hydrogen) atoms. The summed E-state index contributed by atoms with van der Waals surface area (Å²) in [5.41, 5.74) is 3.60. The molecular weight excluding hydrogens is 328 g/mol. The summed E-state index contributed by atoms with van der Waals surface area (Å²) in [5, 5.41) is 11.8. The highest BCUT2D eigenvalue weighted by Crippen LogP contribution is 2.19. The van der Waals surface area contributed by atoms with Gasteiger partial charge in [-0.25, -0.2) is 14.6 Å². The Labute approximate surface area is 150 Å². The third kappa shape index (κ3) is 3.32. The van der Waals surface area contributed by atoms with E-state index in [2.05, 4.69) is 37.7 Å². The van der Waals surface area contributed by atoms with Crippen molar-refractivity contribution in [3.8, 4) is 5.75 Å². The zero-order valence-electron chi connectivity index (χ0n) is 14.3. The largest absolute Gasteiger partial charge is 0.497 e. The van der Waals surface area contributed by atoms with Crippen molar-refractivity contribution in [3.63, 3.8) is 0 Å². The fourth-order valence-corrected chi connectivity index (χ4v) is 2.75. The van der Waals surface area contributed by atoms with Crippen molar-refractivity contribution in [1.82, 2.24) is 25.0 Å². The van der Waals surface area contributed by atoms with Gasteiger partial charge in [-0.15, -0.1) is 5.10 Å². The van der Waals surface area contributed by atoms with Crippen LogP contribution in [0.2, 0.25) is 0 Å². The molecular formula is C19H18N6O. The Kier molecular flexibility index (Phi) is 4.42. The Balaban J connectivity index is 1.56. The van der Waals surface area contributed by atoms with Crippen LogP contribution in [-0.4, -0.2) is 32.1 Å². The molecule has 0 spiro atoms. The quantitative estimate of drug-likeness (QED) is 0.578. The number of benzene rings is 2. The summed E-state index contributed by atoms with van der Waals surface area (Å²) in [6.07, 6.45) is 1.53. The summed E-state index contributed by atoms with van der Waals surface area (Å²) in [6, 6.07) is 18.0. The van der Waals surface area contributed by atoms with Gasteiger partial charge in [0.15, 0.2) is 17.0 Å². The van der Waals surface area contributed by atoms with Gasteiger partial charge in [-0.05, 0) is 23.3 Å². The molecule has 2 aromatic carbocycles. The molecule has 0 fully saturated rings. The summed E-state index contributed by atoms with van der Waals surface area (Å²) in [4.78, 5) is 8.66. The van der Waals surface area contributed by atoms with Crippen LogP contribution in [0.3, 0.4) is 0 Å². The third-order valence-electron chi connectivity index (χ3n) is 4.07. The van der Waals surface area contributed by atoms with E-state index >= 15 is 0 Å². The minimum absolute atomic E-state index is 0.606. The smallest absolute Gasteiger partial charge is 0.184 e. The first-order valence-corrected chi connectivity index (χ1v) is 8.28. The van der Waals surface area contributed by atoms with E-state index in [1.807, 2.05) is 42.5 Å². The van der Waals surface area contributed by atoms with Crippen LogP contribution in [0.4, 0.5) is 5.82 Å². The van der Waals surface area contributed by atoms with Gasteiger partial charge in [0.1, 0.15) is 12.1 Å². The molecule has 2 heterocycles. The van der Waals surface area contributed by atoms with Crippen LogP contribution in [0.25, 0.3) is 11.2 Å². The Bertz CT molecular complexity index is 1010. The van der Waals surface area contributed by atoms with E-state index in [9.17, 15) is 0 Å². The fraction of sp³-hybridized carbons (Fsp3) is 0.158. The van der Waals surface area contributed by atoms with Crippen LogP contribution in [0.15, 0.2) is 60.9 Å². The van der Waals surface area contributed by atoms with Crippen LogP contribution in [0.5, 0.6) is 5.75 Å². The third-order valence-corrected chi connectivity index (χ3v) is 4.07. The highest BCUT2D eigenvalue weighted by Gasteiger charge is 2.12. The highest BCUT2D eigenvalue weighted by molar-refractivity contribution is 5.81. The van der Waals surface area contributed by atoms with Crippen molar-refractivity contribution in [2.45, 2.75) is 13.1 Å². The van der Waals surface area contributed by atoms with Crippen molar-refractivity contribution >= 4 is 17.0 Å². The van der Waals surface area contributed by atoms with E-state index in [-0.39, 0.29) is 0 Å². The van der Waals surface area contributed by atoms with Gasteiger partial charge in [-0.1, -0.05) is 47.7 Å². The number of aromatic nitrogens is 5. The number of fused-ring (bicyclic) bond motifs is 1. The lowest BCUT2D eigenvalue weighted by atomic mass is 10.2. The number of rotatable bonds is 6. The standard InChI is InChI=1S/C19H18N6O/c1-26-16-9-5-8-15(10-16)11-20-18-17-19(22-13-21-18)25(24-23-17)12-14-6-3-2-4-7-14/h2-10,13H,11-12H2,1H3,(H,20,21,22). The number of anilines is 1. The van der Waals surface area contributed by atoms with E-state index in [1.165, 1.54) is 6.33 Å². The Morgan fingerprint density at radius 3 is 2.69 bits per heavy atom. The van der Waals surface area contributed by atoms with Gasteiger partial charge in [-0.3, -0.25) is 0 Å². The molecule has 0 amide bonds. The number of hydrogen-bond donors (Lipinski definition) is 1. The molecule has 7 heteroatoms. The molecule has 0 radical (unpaired) electrons. The normalized spacial score (nSPS) is 10.8. The van der Waals surface area contributed by atoms with Crippen LogP contribution < -0.4 is 10.1 Å². The van der Waals surface area contributed by atoms with Gasteiger partial charge >= 0.3 is 0 Å². The van der Waals surface area contributed by atoms with Crippen molar-refractivity contribution in [2.75, 3.05) is 12.4 Å². The molecule has 1 N–H and O–H groups in total. The summed E-state index contributed by atoms with van der Waals surface area (Å²) >= 11 is 0. The van der Waals surface area contributed by atoms with Gasteiger partial charge in [0, 0.05) is 6.54 Å². The monoisotopic (exact) mass is 346 g/mol. The summed E-state index contributed by atoms with van der Waals surface area (Å²) < 4.78 is 7.04. The average Bonchev–Trinajstić information content (AvgIpc) is 3.11. The number of hydrogen-bond acceptors (Lipinski definition) is 6. The first-order chi connectivity index (χ1) is 12.8. The number of methoxy groups -OCH3 is 1. The Morgan fingerprint density at radius 1 is 1.00 bits per heavy atom. The van der Waals surface area contributed by atoms with Crippen molar-refractivity contribution < 1.29 is 4.74 Å². The lowest BCUT2D eigenvalue weighted by Gasteiger charge is -2.07. The maximum absolute atomic E-state index is 5.26. The van der Waals surface area contributed by atoms with Gasteiger partial charge in [-0.2, -0.15) is 0 Å². The van der Waals surface area contributed by atoms with E-state index in [0.29, 0.717) is 30.1 Å². The molecule has 0 unspecified atom stereocenters. The second-order valence-electron chi connectivity index (χ2n) is 5.83. The van der Waals surface area contributed by atoms with Gasteiger partial charge in [0.2, 0.25) is 0 Å². The molecule has 4 aromatic rings. The van der Waals surface area contributed by atoms with Gasteiger partial charge in [0.05, 0.1) is 13.7 Å². The molecule has 0 aliphatic carbocycles. The van der Waals surface area contributed by atoms with Crippen LogP contribution in [-0.2, 0) is 13.1 Å². The Hall–Kier alpha value is -3.48. The molecule has 7 nitrogen and oxygen atoms in total. The lowest BCUT2D eigenvalue weighted by Crippen LogP contribution is -2.05. The highest BCUT2D eigenvalue weighted by atomic mass is 16.5. The van der Waals surface area contributed by atoms with E-state index in [4.69, 9.17) is 4.74 Å². The van der Waals surface area contributed by atoms with Crippen molar-refractivity contribution in [2.24, 2.45) is 0 Å². The second-order valence-corrected chi connectivity index (χ2v) is 5.83. The summed E-state index contributed by atoms with van der Waals surface area (Å²) in [7, 11) is 1.66. The first kappa shape index (κ1) is 16.0. The number of nitrogens with zero attached hydrogens (tertiary/aromatic N) is 5. The topological polar surface area (TPSA) is 77.8 Å². The molecule has 0 aliphatic rings. The predicted octanol–water partition coefficient (Wildman–Crippen LogP) is 2.89. The van der Waals surface area contributed by atoms with Gasteiger partial charge in [0.25, 0.3) is 0 Å². The minimum atomic E-state index is 0.606. The molecule has 4 rings (SSSR count). The zero-order chi connectivity index (χ0) is 17.8. The predicted molar refractivity (Wildman–Crippen MR) is 99.0 cm³/mol. The molecule has 130 valence electrons. The van der Waals surface area contributed by atoms with Crippen LogP contribution in [0, 0.1) is 0 Å². The molecule has 0 atom stereocenters. The second kappa shape index (κ2) is 7.18. The van der Waals surface area contributed by atoms with E-state index in [0.717, 1.165) is 16.9 Å². The molecule has 0 saturated carbocycles. The van der Waals surface area contributed by atoms with E-state index in [1.54, 1.807) is 11.8 Å². The average molecular weight is 346 g/mol. The fourth-order valence-electron chi connectivity index (χ4n) is 2.75. The maximum atomic E-state index is 5.26. The Morgan fingerprint density at radius 2 is 1.85 bits per heavy atom. The van der Waals surface area contributed by atoms with Crippen LogP contribution >= 0.6 is 0 Å². The minimum Gasteiger partial charge on any atom is -0.497 e. The maximum Gasteiger partial charge on any atom is 0.184 e. The number of ether oxygens (including phenoxy) is 1. The molecule has 0 aliphatic heterocycles. The van der Waals surface area contributed by atoms with Crippen LogP contribution in [0.1, 0.15) is 11.1 Å². The van der Waals surface area contributed by atoms with Crippen molar-refractivity contribution in [3.05, 3.63) is 72.1 Å². The van der Waals surface area contributed by atoms with E-state index < -0.39 is 0 Å². The molecule has 2 aromatic heterocycles. The summed E-state index contributed by atoms with van der Waals surface area (Å²) in [5.74, 6) is 1.49. The number of nitrogens with one attached hydrogen (secondary N) is 1. The SMILES string of the molecule is COc1cccc(CNc2ncnc3c2nnn3Cc2ccccc2)c1. The lowest BCUT2D eigenvalue weighted by molar-refractivity contribution is 0.414. The summed E-state index contributed by atoms with van der Waals surface area (Å²) in [6.45, 7) is 1.22. The van der Waals surface area contributed by atoms with Crippen molar-refractivity contribution in [1.29, 1.82) is 0 Å². The zero-order valence-corrected chi connectivity index (χ0v) is 14.3. The molecule has 0 bridgehead atoms. The molecule has 0 saturated heterocycles. The van der Waals surface area contributed by atoms with Gasteiger partial charge < -0.3 is 10.1 Å². The first-order valence-electron chi connectivity index (χ1n) is 8.28.